The monoisotopic (exact) mass is 310 g/mol. The van der Waals surface area contributed by atoms with Crippen molar-refractivity contribution >= 4 is 22.9 Å². The van der Waals surface area contributed by atoms with Crippen LogP contribution < -0.4 is 4.74 Å². The van der Waals surface area contributed by atoms with Crippen LogP contribution in [0, 0.1) is 0 Å². The van der Waals surface area contributed by atoms with Crippen LogP contribution in [-0.4, -0.2) is 10.2 Å². The maximum atomic E-state index is 5.90. The van der Waals surface area contributed by atoms with Gasteiger partial charge in [0.25, 0.3) is 5.19 Å². The third-order valence-electron chi connectivity index (χ3n) is 3.02. The molecule has 1 heterocycles. The zero-order chi connectivity index (χ0) is 14.8. The Morgan fingerprint density at radius 3 is 2.55 bits per heavy atom. The van der Waals surface area contributed by atoms with Crippen molar-refractivity contribution in [2.24, 2.45) is 0 Å². The van der Waals surface area contributed by atoms with Crippen molar-refractivity contribution in [3.05, 3.63) is 34.3 Å². The molecule has 1 aromatic heterocycles. The van der Waals surface area contributed by atoms with E-state index in [1.807, 2.05) is 6.07 Å². The van der Waals surface area contributed by atoms with Crippen LogP contribution in [0.1, 0.15) is 43.8 Å². The van der Waals surface area contributed by atoms with Gasteiger partial charge < -0.3 is 4.74 Å². The standard InChI is InChI=1S/C15H19ClN2OS/c1-5-10-6-7-12(11(8-10)15(2,3)4)19-14-18-17-13(9-16)20-14/h6-8H,5,9H2,1-4H3. The largest absolute Gasteiger partial charge is 0.429 e. The molecule has 0 atom stereocenters. The Hall–Kier alpha value is -1.13. The number of ether oxygens (including phenoxy) is 1. The molecule has 0 saturated heterocycles. The van der Waals surface area contributed by atoms with Crippen LogP contribution in [-0.2, 0) is 17.7 Å². The van der Waals surface area contributed by atoms with E-state index in [1.54, 1.807) is 0 Å². The van der Waals surface area contributed by atoms with E-state index in [2.05, 4.69) is 50.0 Å². The first-order chi connectivity index (χ1) is 9.44. The molecule has 5 heteroatoms. The second-order valence-electron chi connectivity index (χ2n) is 5.63. The van der Waals surface area contributed by atoms with Crippen LogP contribution in [0.4, 0.5) is 0 Å². The maximum Gasteiger partial charge on any atom is 0.299 e. The summed E-state index contributed by atoms with van der Waals surface area (Å²) in [6.45, 7) is 8.69. The van der Waals surface area contributed by atoms with Gasteiger partial charge >= 0.3 is 0 Å². The summed E-state index contributed by atoms with van der Waals surface area (Å²) in [7, 11) is 0. The normalized spacial score (nSPS) is 11.7. The molecule has 0 spiro atoms. The first kappa shape index (κ1) is 15.3. The highest BCUT2D eigenvalue weighted by molar-refractivity contribution is 7.13. The van der Waals surface area contributed by atoms with Gasteiger partial charge in [-0.25, -0.2) is 0 Å². The number of benzene rings is 1. The Bertz CT molecular complexity index is 590. The molecule has 0 unspecified atom stereocenters. The molecule has 20 heavy (non-hydrogen) atoms. The molecule has 3 nitrogen and oxygen atoms in total. The molecule has 0 aliphatic rings. The molecule has 0 radical (unpaired) electrons. The lowest BCUT2D eigenvalue weighted by molar-refractivity contribution is 0.448. The van der Waals surface area contributed by atoms with Gasteiger partial charge in [0.05, 0.1) is 5.88 Å². The van der Waals surface area contributed by atoms with Crippen molar-refractivity contribution in [1.29, 1.82) is 0 Å². The molecular weight excluding hydrogens is 292 g/mol. The third-order valence-corrected chi connectivity index (χ3v) is 4.23. The predicted octanol–water partition coefficient (Wildman–Crippen LogP) is 4.93. The van der Waals surface area contributed by atoms with Gasteiger partial charge in [-0.3, -0.25) is 0 Å². The SMILES string of the molecule is CCc1ccc(Oc2nnc(CCl)s2)c(C(C)(C)C)c1. The van der Waals surface area contributed by atoms with E-state index in [-0.39, 0.29) is 5.41 Å². The molecule has 0 amide bonds. The van der Waals surface area contributed by atoms with Gasteiger partial charge in [-0.1, -0.05) is 56.3 Å². The highest BCUT2D eigenvalue weighted by Crippen LogP contribution is 2.36. The number of aryl methyl sites for hydroxylation is 1. The lowest BCUT2D eigenvalue weighted by atomic mass is 9.85. The van der Waals surface area contributed by atoms with Crippen molar-refractivity contribution in [3.8, 4) is 10.9 Å². The van der Waals surface area contributed by atoms with Crippen LogP contribution in [0.2, 0.25) is 0 Å². The molecule has 1 aromatic carbocycles. The van der Waals surface area contributed by atoms with Crippen molar-refractivity contribution in [3.63, 3.8) is 0 Å². The average Bonchev–Trinajstić information content (AvgIpc) is 2.85. The number of rotatable bonds is 4. The van der Waals surface area contributed by atoms with Gasteiger partial charge in [0, 0.05) is 5.56 Å². The summed E-state index contributed by atoms with van der Waals surface area (Å²) in [6, 6.07) is 6.31. The number of hydrogen-bond donors (Lipinski definition) is 0. The minimum atomic E-state index is 0.0144. The molecule has 0 bridgehead atoms. The van der Waals surface area contributed by atoms with Crippen molar-refractivity contribution < 1.29 is 4.74 Å². The topological polar surface area (TPSA) is 35.0 Å². The zero-order valence-electron chi connectivity index (χ0n) is 12.2. The number of nitrogens with zero attached hydrogens (tertiary/aromatic N) is 2. The molecular formula is C15H19ClN2OS. The molecule has 0 aliphatic carbocycles. The smallest absolute Gasteiger partial charge is 0.299 e. The highest BCUT2D eigenvalue weighted by Gasteiger charge is 2.20. The van der Waals surface area contributed by atoms with Crippen LogP contribution >= 0.6 is 22.9 Å². The van der Waals surface area contributed by atoms with Crippen LogP contribution in [0.3, 0.4) is 0 Å². The second-order valence-corrected chi connectivity index (χ2v) is 6.92. The second kappa shape index (κ2) is 6.10. The predicted molar refractivity (Wildman–Crippen MR) is 84.1 cm³/mol. The fourth-order valence-corrected chi connectivity index (χ4v) is 2.67. The summed E-state index contributed by atoms with van der Waals surface area (Å²) in [6.07, 6.45) is 1.01. The van der Waals surface area contributed by atoms with Crippen LogP contribution in [0.25, 0.3) is 0 Å². The fourth-order valence-electron chi connectivity index (χ4n) is 1.90. The maximum absolute atomic E-state index is 5.90. The molecule has 108 valence electrons. The molecule has 2 aromatic rings. The first-order valence-electron chi connectivity index (χ1n) is 6.63. The van der Waals surface area contributed by atoms with E-state index < -0.39 is 0 Å². The van der Waals surface area contributed by atoms with E-state index >= 15 is 0 Å². The number of halogens is 1. The van der Waals surface area contributed by atoms with Crippen molar-refractivity contribution in [2.45, 2.75) is 45.4 Å². The summed E-state index contributed by atoms with van der Waals surface area (Å²) in [5, 5.41) is 9.28. The minimum Gasteiger partial charge on any atom is -0.429 e. The molecule has 0 fully saturated rings. The minimum absolute atomic E-state index is 0.0144. The lowest BCUT2D eigenvalue weighted by Gasteiger charge is -2.22. The Labute approximate surface area is 129 Å². The van der Waals surface area contributed by atoms with E-state index in [0.29, 0.717) is 11.1 Å². The van der Waals surface area contributed by atoms with Crippen LogP contribution in [0.15, 0.2) is 18.2 Å². The summed E-state index contributed by atoms with van der Waals surface area (Å²) in [5.74, 6) is 1.20. The average molecular weight is 311 g/mol. The van der Waals surface area contributed by atoms with E-state index in [0.717, 1.165) is 17.2 Å². The van der Waals surface area contributed by atoms with Gasteiger partial charge in [-0.05, 0) is 23.5 Å². The summed E-state index contributed by atoms with van der Waals surface area (Å²) < 4.78 is 5.90. The molecule has 0 saturated carbocycles. The van der Waals surface area contributed by atoms with Gasteiger partial charge in [0.1, 0.15) is 10.8 Å². The molecule has 2 rings (SSSR count). The molecule has 0 N–H and O–H groups in total. The highest BCUT2D eigenvalue weighted by atomic mass is 35.5. The van der Waals surface area contributed by atoms with Gasteiger partial charge in [-0.2, -0.15) is 0 Å². The summed E-state index contributed by atoms with van der Waals surface area (Å²) in [4.78, 5) is 0. The number of alkyl halides is 1. The van der Waals surface area contributed by atoms with E-state index in [1.165, 1.54) is 22.5 Å². The van der Waals surface area contributed by atoms with E-state index in [9.17, 15) is 0 Å². The van der Waals surface area contributed by atoms with Crippen molar-refractivity contribution in [2.75, 3.05) is 0 Å². The summed E-state index contributed by atoms with van der Waals surface area (Å²) >= 11 is 7.12. The summed E-state index contributed by atoms with van der Waals surface area (Å²) in [5.41, 5.74) is 2.50. The zero-order valence-corrected chi connectivity index (χ0v) is 13.8. The van der Waals surface area contributed by atoms with Gasteiger partial charge in [0.15, 0.2) is 0 Å². The Morgan fingerprint density at radius 2 is 2.00 bits per heavy atom. The van der Waals surface area contributed by atoms with Gasteiger partial charge in [0.2, 0.25) is 0 Å². The number of aromatic nitrogens is 2. The Balaban J connectivity index is 2.35. The van der Waals surface area contributed by atoms with Gasteiger partial charge in [-0.15, -0.1) is 16.7 Å². The van der Waals surface area contributed by atoms with Crippen molar-refractivity contribution in [1.82, 2.24) is 10.2 Å². The number of hydrogen-bond acceptors (Lipinski definition) is 4. The fraction of sp³-hybridized carbons (Fsp3) is 0.467. The third kappa shape index (κ3) is 3.49. The Kier molecular flexibility index (Phi) is 4.66. The van der Waals surface area contributed by atoms with Crippen LogP contribution in [0.5, 0.6) is 10.9 Å². The quantitative estimate of drug-likeness (QED) is 0.751. The first-order valence-corrected chi connectivity index (χ1v) is 7.98. The van der Waals surface area contributed by atoms with E-state index in [4.69, 9.17) is 16.3 Å². The lowest BCUT2D eigenvalue weighted by Crippen LogP contribution is -2.13. The Morgan fingerprint density at radius 1 is 1.25 bits per heavy atom. The molecule has 0 aliphatic heterocycles.